The monoisotopic (exact) mass is 314 g/mol. The van der Waals surface area contributed by atoms with Crippen LogP contribution in [-0.4, -0.2) is 48.7 Å². The first kappa shape index (κ1) is 16.5. The van der Waals surface area contributed by atoms with E-state index in [1.165, 1.54) is 0 Å². The summed E-state index contributed by atoms with van der Waals surface area (Å²) in [6, 6.07) is 0.319. The van der Waals surface area contributed by atoms with Crippen LogP contribution in [0.4, 0.5) is 0 Å². The fourth-order valence-corrected chi connectivity index (χ4v) is 5.03. The maximum atomic E-state index is 13.0. The van der Waals surface area contributed by atoms with Crippen LogP contribution in [0.25, 0.3) is 0 Å². The number of aromatic nitrogens is 2. The zero-order valence-corrected chi connectivity index (χ0v) is 14.4. The summed E-state index contributed by atoms with van der Waals surface area (Å²) in [5, 5.41) is 7.48. The van der Waals surface area contributed by atoms with Gasteiger partial charge in [0.1, 0.15) is 4.90 Å². The van der Waals surface area contributed by atoms with E-state index in [2.05, 4.69) is 17.3 Å². The number of nitrogens with one attached hydrogen (secondary N) is 1. The first-order chi connectivity index (χ1) is 9.78. The van der Waals surface area contributed by atoms with Gasteiger partial charge in [0.05, 0.1) is 11.4 Å². The molecule has 1 saturated heterocycles. The SMILES string of the molecule is CNC(C)C1CCCN(S(=O)(=O)c2c(C)nn(C)c2C)C1. The van der Waals surface area contributed by atoms with Crippen molar-refractivity contribution >= 4 is 10.0 Å². The molecule has 0 bridgehead atoms. The lowest BCUT2D eigenvalue weighted by Gasteiger charge is -2.35. The minimum absolute atomic E-state index is 0.319. The third-order valence-corrected chi connectivity index (χ3v) is 6.74. The Morgan fingerprint density at radius 1 is 1.38 bits per heavy atom. The van der Waals surface area contributed by atoms with Crippen molar-refractivity contribution in [3.05, 3.63) is 11.4 Å². The number of aryl methyl sites for hydroxylation is 2. The van der Waals surface area contributed by atoms with Crippen LogP contribution >= 0.6 is 0 Å². The van der Waals surface area contributed by atoms with Crippen LogP contribution in [0.15, 0.2) is 4.90 Å². The topological polar surface area (TPSA) is 67.2 Å². The van der Waals surface area contributed by atoms with Crippen LogP contribution in [-0.2, 0) is 17.1 Å². The lowest BCUT2D eigenvalue weighted by Crippen LogP contribution is -2.46. The summed E-state index contributed by atoms with van der Waals surface area (Å²) in [6.45, 7) is 6.87. The van der Waals surface area contributed by atoms with Crippen LogP contribution in [0, 0.1) is 19.8 Å². The van der Waals surface area contributed by atoms with Gasteiger partial charge < -0.3 is 5.32 Å². The summed E-state index contributed by atoms with van der Waals surface area (Å²) in [5.74, 6) is 0.357. The first-order valence-electron chi connectivity index (χ1n) is 7.46. The summed E-state index contributed by atoms with van der Waals surface area (Å²) in [5.41, 5.74) is 1.29. The van der Waals surface area contributed by atoms with Gasteiger partial charge in [-0.3, -0.25) is 4.68 Å². The lowest BCUT2D eigenvalue weighted by molar-refractivity contribution is 0.229. The van der Waals surface area contributed by atoms with E-state index in [0.29, 0.717) is 41.3 Å². The van der Waals surface area contributed by atoms with E-state index in [-0.39, 0.29) is 0 Å². The molecule has 120 valence electrons. The Labute approximate surface area is 127 Å². The van der Waals surface area contributed by atoms with Crippen molar-refractivity contribution in [1.82, 2.24) is 19.4 Å². The third-order valence-electron chi connectivity index (χ3n) is 4.62. The van der Waals surface area contributed by atoms with E-state index < -0.39 is 10.0 Å². The molecular weight excluding hydrogens is 288 g/mol. The number of hydrogen-bond donors (Lipinski definition) is 1. The van der Waals surface area contributed by atoms with Crippen LogP contribution in [0.2, 0.25) is 0 Å². The maximum Gasteiger partial charge on any atom is 0.246 e. The fraction of sp³-hybridized carbons (Fsp3) is 0.786. The summed E-state index contributed by atoms with van der Waals surface area (Å²) < 4.78 is 29.2. The summed E-state index contributed by atoms with van der Waals surface area (Å²) in [7, 11) is 0.250. The molecule has 2 heterocycles. The van der Waals surface area contributed by atoms with Gasteiger partial charge in [-0.15, -0.1) is 0 Å². The maximum absolute atomic E-state index is 13.0. The van der Waals surface area contributed by atoms with E-state index in [1.54, 1.807) is 23.0 Å². The predicted octanol–water partition coefficient (Wildman–Crippen LogP) is 1.05. The van der Waals surface area contributed by atoms with Crippen molar-refractivity contribution in [2.24, 2.45) is 13.0 Å². The molecule has 0 radical (unpaired) electrons. The molecule has 0 aliphatic carbocycles. The second kappa shape index (κ2) is 6.06. The molecule has 0 aromatic carbocycles. The van der Waals surface area contributed by atoms with Gasteiger partial charge in [0, 0.05) is 26.2 Å². The highest BCUT2D eigenvalue weighted by Gasteiger charge is 2.35. The van der Waals surface area contributed by atoms with Gasteiger partial charge in [-0.2, -0.15) is 9.40 Å². The molecule has 1 fully saturated rings. The average molecular weight is 314 g/mol. The molecule has 0 saturated carbocycles. The van der Waals surface area contributed by atoms with Crippen molar-refractivity contribution in [2.45, 2.75) is 44.6 Å². The van der Waals surface area contributed by atoms with Crippen molar-refractivity contribution in [3.8, 4) is 0 Å². The van der Waals surface area contributed by atoms with Gasteiger partial charge in [-0.1, -0.05) is 0 Å². The summed E-state index contributed by atoms with van der Waals surface area (Å²) in [6.07, 6.45) is 1.98. The molecule has 2 rings (SSSR count). The highest BCUT2D eigenvalue weighted by Crippen LogP contribution is 2.28. The second-order valence-electron chi connectivity index (χ2n) is 5.97. The van der Waals surface area contributed by atoms with Gasteiger partial charge in [-0.05, 0) is 46.6 Å². The standard InChI is InChI=1S/C14H26N4O2S/c1-10(15-4)13-7-6-8-18(9-13)21(19,20)14-11(2)16-17(5)12(14)3/h10,13,15H,6-9H2,1-5H3. The molecule has 2 unspecified atom stereocenters. The Morgan fingerprint density at radius 3 is 2.57 bits per heavy atom. The largest absolute Gasteiger partial charge is 0.317 e. The Kier molecular flexibility index (Phi) is 4.75. The van der Waals surface area contributed by atoms with Crippen LogP contribution in [0.1, 0.15) is 31.2 Å². The predicted molar refractivity (Wildman–Crippen MR) is 82.7 cm³/mol. The van der Waals surface area contributed by atoms with E-state index in [9.17, 15) is 8.42 Å². The molecule has 1 aromatic heterocycles. The number of nitrogens with zero attached hydrogens (tertiary/aromatic N) is 3. The number of hydrogen-bond acceptors (Lipinski definition) is 4. The Morgan fingerprint density at radius 2 is 2.05 bits per heavy atom. The van der Waals surface area contributed by atoms with Crippen molar-refractivity contribution < 1.29 is 8.42 Å². The molecule has 2 atom stereocenters. The van der Waals surface area contributed by atoms with Gasteiger partial charge in [-0.25, -0.2) is 8.42 Å². The smallest absolute Gasteiger partial charge is 0.246 e. The molecule has 1 N–H and O–H groups in total. The molecule has 0 spiro atoms. The normalized spacial score (nSPS) is 22.4. The second-order valence-corrected chi connectivity index (χ2v) is 7.84. The first-order valence-corrected chi connectivity index (χ1v) is 8.90. The minimum atomic E-state index is -3.45. The molecule has 7 heteroatoms. The number of rotatable bonds is 4. The Hall–Kier alpha value is -0.920. The number of sulfonamides is 1. The Bertz CT molecular complexity index is 609. The van der Waals surface area contributed by atoms with Gasteiger partial charge in [0.2, 0.25) is 10.0 Å². The van der Waals surface area contributed by atoms with Crippen LogP contribution in [0.5, 0.6) is 0 Å². The average Bonchev–Trinajstić information content (AvgIpc) is 2.71. The van der Waals surface area contributed by atoms with Crippen LogP contribution < -0.4 is 5.32 Å². The van der Waals surface area contributed by atoms with Crippen molar-refractivity contribution in [2.75, 3.05) is 20.1 Å². The zero-order chi connectivity index (χ0) is 15.8. The fourth-order valence-electron chi connectivity index (χ4n) is 3.09. The van der Waals surface area contributed by atoms with Crippen molar-refractivity contribution in [1.29, 1.82) is 0 Å². The van der Waals surface area contributed by atoms with Crippen molar-refractivity contribution in [3.63, 3.8) is 0 Å². The molecule has 1 aliphatic rings. The third kappa shape index (κ3) is 3.00. The summed E-state index contributed by atoms with van der Waals surface area (Å²) in [4.78, 5) is 0.378. The quantitative estimate of drug-likeness (QED) is 0.902. The van der Waals surface area contributed by atoms with Crippen LogP contribution in [0.3, 0.4) is 0 Å². The molecule has 6 nitrogen and oxygen atoms in total. The molecule has 0 amide bonds. The van der Waals surface area contributed by atoms with E-state index in [4.69, 9.17) is 0 Å². The summed E-state index contributed by atoms with van der Waals surface area (Å²) >= 11 is 0. The van der Waals surface area contributed by atoms with Gasteiger partial charge in [0.15, 0.2) is 0 Å². The Balaban J connectivity index is 2.31. The highest BCUT2D eigenvalue weighted by molar-refractivity contribution is 7.89. The molecule has 1 aliphatic heterocycles. The van der Waals surface area contributed by atoms with E-state index in [1.807, 2.05) is 14.0 Å². The van der Waals surface area contributed by atoms with Gasteiger partial charge in [0.25, 0.3) is 0 Å². The zero-order valence-electron chi connectivity index (χ0n) is 13.5. The van der Waals surface area contributed by atoms with E-state index in [0.717, 1.165) is 12.8 Å². The van der Waals surface area contributed by atoms with E-state index >= 15 is 0 Å². The molecule has 1 aromatic rings. The number of piperidine rings is 1. The minimum Gasteiger partial charge on any atom is -0.317 e. The lowest BCUT2D eigenvalue weighted by atomic mass is 9.93. The van der Waals surface area contributed by atoms with Gasteiger partial charge >= 0.3 is 0 Å². The highest BCUT2D eigenvalue weighted by atomic mass is 32.2. The molecule has 21 heavy (non-hydrogen) atoms. The molecular formula is C14H26N4O2S.